The molecule has 0 radical (unpaired) electrons. The van der Waals surface area contributed by atoms with Gasteiger partial charge in [0.25, 0.3) is 0 Å². The molecule has 0 saturated carbocycles. The molecule has 4 nitrogen and oxygen atoms in total. The molecule has 0 fully saturated rings. The maximum atomic E-state index is 5.50. The molecular weight excluding hydrogens is 334 g/mol. The average molecular weight is 357 g/mol. The van der Waals surface area contributed by atoms with Gasteiger partial charge in [-0.3, -0.25) is 4.90 Å². The minimum absolute atomic E-state index is 0.785. The second-order valence-electron chi connectivity index (χ2n) is 6.69. The van der Waals surface area contributed by atoms with Crippen LogP contribution in [0.5, 0.6) is 5.75 Å². The monoisotopic (exact) mass is 357 g/mol. The molecule has 0 bridgehead atoms. The van der Waals surface area contributed by atoms with Crippen LogP contribution >= 0.6 is 0 Å². The predicted molar refractivity (Wildman–Crippen MR) is 109 cm³/mol. The van der Waals surface area contributed by atoms with Crippen LogP contribution in [0.2, 0.25) is 0 Å². The summed E-state index contributed by atoms with van der Waals surface area (Å²) in [7, 11) is 3.85. The first kappa shape index (κ1) is 17.3. The van der Waals surface area contributed by atoms with Gasteiger partial charge in [0.1, 0.15) is 11.4 Å². The van der Waals surface area contributed by atoms with E-state index in [1.807, 2.05) is 30.3 Å². The van der Waals surface area contributed by atoms with Gasteiger partial charge in [-0.2, -0.15) is 0 Å². The van der Waals surface area contributed by atoms with Gasteiger partial charge in [0.2, 0.25) is 0 Å². The Kier molecular flexibility index (Phi) is 4.90. The third-order valence-electron chi connectivity index (χ3n) is 4.73. The number of nitrogens with zero attached hydrogens (tertiary/aromatic N) is 3. The zero-order valence-corrected chi connectivity index (χ0v) is 15.7. The van der Waals surface area contributed by atoms with Crippen molar-refractivity contribution >= 4 is 5.65 Å². The summed E-state index contributed by atoms with van der Waals surface area (Å²) in [5.41, 5.74) is 5.51. The van der Waals surface area contributed by atoms with Crippen molar-refractivity contribution in [2.45, 2.75) is 13.1 Å². The summed E-state index contributed by atoms with van der Waals surface area (Å²) in [5.74, 6) is 0.922. The van der Waals surface area contributed by atoms with Crippen LogP contribution in [0.3, 0.4) is 0 Å². The van der Waals surface area contributed by atoms with Gasteiger partial charge in [-0.15, -0.1) is 0 Å². The average Bonchev–Trinajstić information content (AvgIpc) is 3.07. The van der Waals surface area contributed by atoms with E-state index in [0.29, 0.717) is 0 Å². The molecule has 2 aromatic heterocycles. The van der Waals surface area contributed by atoms with Crippen molar-refractivity contribution in [3.05, 3.63) is 90.3 Å². The number of fused-ring (bicyclic) bond motifs is 1. The molecule has 0 unspecified atom stereocenters. The van der Waals surface area contributed by atoms with Crippen LogP contribution in [0.15, 0.2) is 79.0 Å². The van der Waals surface area contributed by atoms with Crippen LogP contribution in [-0.2, 0) is 13.1 Å². The fraction of sp³-hybridized carbons (Fsp3) is 0.174. The van der Waals surface area contributed by atoms with Crippen molar-refractivity contribution in [3.8, 4) is 17.0 Å². The molecule has 2 aromatic carbocycles. The molecular formula is C23H23N3O. The van der Waals surface area contributed by atoms with Crippen LogP contribution in [-0.4, -0.2) is 28.4 Å². The zero-order valence-electron chi connectivity index (χ0n) is 15.7. The van der Waals surface area contributed by atoms with Gasteiger partial charge in [-0.25, -0.2) is 4.98 Å². The van der Waals surface area contributed by atoms with E-state index in [2.05, 4.69) is 65.0 Å². The van der Waals surface area contributed by atoms with E-state index in [1.54, 1.807) is 7.11 Å². The normalized spacial score (nSPS) is 11.2. The van der Waals surface area contributed by atoms with Gasteiger partial charge in [-0.1, -0.05) is 54.6 Å². The molecule has 136 valence electrons. The summed E-state index contributed by atoms with van der Waals surface area (Å²) in [6.07, 6.45) is 2.08. The summed E-state index contributed by atoms with van der Waals surface area (Å²) >= 11 is 0. The third kappa shape index (κ3) is 3.57. The lowest BCUT2D eigenvalue weighted by Crippen LogP contribution is -2.19. The standard InChI is InChI=1S/C23H23N3O/c1-25(16-19-12-6-7-13-21(19)27-2)17-20-23(18-10-4-3-5-11-18)24-22-14-8-9-15-26(20)22/h3-15H,16-17H2,1-2H3. The second-order valence-corrected chi connectivity index (χ2v) is 6.69. The van der Waals surface area contributed by atoms with Crippen molar-refractivity contribution in [3.63, 3.8) is 0 Å². The molecule has 0 amide bonds. The number of benzene rings is 2. The first-order valence-electron chi connectivity index (χ1n) is 9.08. The molecule has 0 spiro atoms. The largest absolute Gasteiger partial charge is 0.496 e. The van der Waals surface area contributed by atoms with Gasteiger partial charge in [0.15, 0.2) is 0 Å². The minimum Gasteiger partial charge on any atom is -0.496 e. The molecule has 4 rings (SSSR count). The summed E-state index contributed by atoms with van der Waals surface area (Å²) in [5, 5.41) is 0. The van der Waals surface area contributed by atoms with Gasteiger partial charge in [0, 0.05) is 30.4 Å². The highest BCUT2D eigenvalue weighted by Gasteiger charge is 2.16. The molecule has 0 aliphatic carbocycles. The first-order valence-corrected chi connectivity index (χ1v) is 9.08. The smallest absolute Gasteiger partial charge is 0.137 e. The number of para-hydroxylation sites is 1. The predicted octanol–water partition coefficient (Wildman–Crippen LogP) is 4.64. The quantitative estimate of drug-likeness (QED) is 0.503. The van der Waals surface area contributed by atoms with Crippen molar-refractivity contribution in [2.75, 3.05) is 14.2 Å². The Morgan fingerprint density at radius 2 is 1.63 bits per heavy atom. The van der Waals surface area contributed by atoms with E-state index in [1.165, 1.54) is 11.3 Å². The highest BCUT2D eigenvalue weighted by molar-refractivity contribution is 5.66. The number of hydrogen-bond donors (Lipinski definition) is 0. The van der Waals surface area contributed by atoms with E-state index >= 15 is 0 Å². The van der Waals surface area contributed by atoms with E-state index in [0.717, 1.165) is 35.7 Å². The highest BCUT2D eigenvalue weighted by atomic mass is 16.5. The maximum absolute atomic E-state index is 5.50. The van der Waals surface area contributed by atoms with E-state index in [9.17, 15) is 0 Å². The Bertz CT molecular complexity index is 1040. The number of rotatable bonds is 6. The summed E-state index contributed by atoms with van der Waals surface area (Å²) in [4.78, 5) is 7.18. The number of hydrogen-bond acceptors (Lipinski definition) is 3. The highest BCUT2D eigenvalue weighted by Crippen LogP contribution is 2.26. The molecule has 4 aromatic rings. The van der Waals surface area contributed by atoms with Crippen LogP contribution in [0.1, 0.15) is 11.3 Å². The summed E-state index contributed by atoms with van der Waals surface area (Å²) in [6, 6.07) is 24.7. The fourth-order valence-corrected chi connectivity index (χ4v) is 3.46. The van der Waals surface area contributed by atoms with Crippen LogP contribution in [0.4, 0.5) is 0 Å². The molecule has 0 aliphatic heterocycles. The lowest BCUT2D eigenvalue weighted by atomic mass is 10.1. The Morgan fingerprint density at radius 1 is 0.889 bits per heavy atom. The molecule has 2 heterocycles. The number of methoxy groups -OCH3 is 1. The second kappa shape index (κ2) is 7.64. The van der Waals surface area contributed by atoms with Gasteiger partial charge >= 0.3 is 0 Å². The Balaban J connectivity index is 1.68. The van der Waals surface area contributed by atoms with Crippen LogP contribution < -0.4 is 4.74 Å². The summed E-state index contributed by atoms with van der Waals surface area (Å²) < 4.78 is 7.68. The van der Waals surface area contributed by atoms with Gasteiger partial charge in [0.05, 0.1) is 18.5 Å². The Morgan fingerprint density at radius 3 is 2.44 bits per heavy atom. The van der Waals surface area contributed by atoms with Crippen LogP contribution in [0, 0.1) is 0 Å². The molecule has 0 N–H and O–H groups in total. The lowest BCUT2D eigenvalue weighted by molar-refractivity contribution is 0.306. The number of pyridine rings is 1. The van der Waals surface area contributed by atoms with E-state index in [4.69, 9.17) is 9.72 Å². The van der Waals surface area contributed by atoms with Crippen molar-refractivity contribution in [1.29, 1.82) is 0 Å². The van der Waals surface area contributed by atoms with E-state index in [-0.39, 0.29) is 0 Å². The van der Waals surface area contributed by atoms with Gasteiger partial charge < -0.3 is 9.14 Å². The minimum atomic E-state index is 0.785. The third-order valence-corrected chi connectivity index (χ3v) is 4.73. The first-order chi connectivity index (χ1) is 13.3. The lowest BCUT2D eigenvalue weighted by Gasteiger charge is -2.19. The van der Waals surface area contributed by atoms with E-state index < -0.39 is 0 Å². The van der Waals surface area contributed by atoms with Gasteiger partial charge in [-0.05, 0) is 25.2 Å². The van der Waals surface area contributed by atoms with Crippen molar-refractivity contribution in [1.82, 2.24) is 14.3 Å². The molecule has 27 heavy (non-hydrogen) atoms. The van der Waals surface area contributed by atoms with Crippen LogP contribution in [0.25, 0.3) is 16.9 Å². The Labute approximate surface area is 159 Å². The van der Waals surface area contributed by atoms with Crippen molar-refractivity contribution < 1.29 is 4.74 Å². The summed E-state index contributed by atoms with van der Waals surface area (Å²) in [6.45, 7) is 1.59. The molecule has 0 aliphatic rings. The molecule has 0 saturated heterocycles. The van der Waals surface area contributed by atoms with Crippen molar-refractivity contribution in [2.24, 2.45) is 0 Å². The molecule has 4 heteroatoms. The number of imidazole rings is 1. The number of aromatic nitrogens is 2. The topological polar surface area (TPSA) is 29.8 Å². The number of ether oxygens (including phenoxy) is 1. The fourth-order valence-electron chi connectivity index (χ4n) is 3.46. The maximum Gasteiger partial charge on any atom is 0.137 e. The Hall–Kier alpha value is -3.11. The SMILES string of the molecule is COc1ccccc1CN(C)Cc1c(-c2ccccc2)nc2ccccn12. The zero-order chi connectivity index (χ0) is 18.6. The molecule has 0 atom stereocenters.